The van der Waals surface area contributed by atoms with Gasteiger partial charge in [0.1, 0.15) is 12.6 Å². The average molecular weight is 480 g/mol. The van der Waals surface area contributed by atoms with Crippen molar-refractivity contribution >= 4 is 35.1 Å². The standard InChI is InChI=1S/C16H23Cl2N2O.C4H6O6/c17-14-2-1-13(16(18)7-14)10-20(15-4-6-21-11-15)5-3-12(8-19)9-20;5-1(3(7)8)2(6)4(9)10/h1-2,7,12,15H,3-6,8-11,19H2;1-2,5-6H,(H,7,8)(H,9,10)/q+1;/t12-,15-,20?;/m0./s1. The summed E-state index contributed by atoms with van der Waals surface area (Å²) >= 11 is 12.4. The van der Waals surface area contributed by atoms with Crippen LogP contribution in [0, 0.1) is 5.92 Å². The van der Waals surface area contributed by atoms with E-state index in [1.54, 1.807) is 0 Å². The normalized spacial score (nSPS) is 27.3. The largest absolute Gasteiger partial charge is 0.479 e. The third-order valence-electron chi connectivity index (χ3n) is 5.92. The molecule has 9 nitrogen and oxygen atoms in total. The Morgan fingerprint density at radius 1 is 1.16 bits per heavy atom. The van der Waals surface area contributed by atoms with Crippen molar-refractivity contribution < 1.29 is 39.2 Å². The SMILES string of the molecule is NC[C@@H]1CC[N+](Cc2ccc(Cl)cc2Cl)([C@H]2CCOC2)C1.O=C(O)C(O)C(O)C(=O)O. The topological polar surface area (TPSA) is 150 Å². The highest BCUT2D eigenvalue weighted by molar-refractivity contribution is 6.35. The van der Waals surface area contributed by atoms with Crippen molar-refractivity contribution in [1.82, 2.24) is 0 Å². The van der Waals surface area contributed by atoms with Gasteiger partial charge < -0.3 is 35.4 Å². The number of carboxylic acid groups (broad SMARTS) is 2. The van der Waals surface area contributed by atoms with E-state index in [1.807, 2.05) is 12.1 Å². The smallest absolute Gasteiger partial charge is 0.335 e. The molecular weight excluding hydrogens is 451 g/mol. The molecule has 3 rings (SSSR count). The highest BCUT2D eigenvalue weighted by atomic mass is 35.5. The number of aliphatic hydroxyl groups is 2. The van der Waals surface area contributed by atoms with E-state index < -0.39 is 24.1 Å². The third kappa shape index (κ3) is 6.76. The van der Waals surface area contributed by atoms with Crippen LogP contribution < -0.4 is 5.73 Å². The number of nitrogens with two attached hydrogens (primary N) is 1. The van der Waals surface area contributed by atoms with E-state index in [0.29, 0.717) is 17.0 Å². The molecule has 0 bridgehead atoms. The minimum absolute atomic E-state index is 0.577. The monoisotopic (exact) mass is 479 g/mol. The Balaban J connectivity index is 0.000000291. The zero-order chi connectivity index (χ0) is 23.2. The molecule has 2 saturated heterocycles. The van der Waals surface area contributed by atoms with E-state index in [1.165, 1.54) is 18.5 Å². The number of likely N-dealkylation sites (tertiary alicyclic amines) is 1. The summed E-state index contributed by atoms with van der Waals surface area (Å²) in [5.41, 5.74) is 7.10. The lowest BCUT2D eigenvalue weighted by atomic mass is 10.1. The van der Waals surface area contributed by atoms with Gasteiger partial charge in [-0.15, -0.1) is 0 Å². The summed E-state index contributed by atoms with van der Waals surface area (Å²) in [7, 11) is 0. The van der Waals surface area contributed by atoms with Crippen LogP contribution in [0.3, 0.4) is 0 Å². The van der Waals surface area contributed by atoms with E-state index >= 15 is 0 Å². The summed E-state index contributed by atoms with van der Waals surface area (Å²) in [5.74, 6) is -2.92. The van der Waals surface area contributed by atoms with Gasteiger partial charge in [0.2, 0.25) is 0 Å². The van der Waals surface area contributed by atoms with E-state index in [4.69, 9.17) is 54.1 Å². The Kier molecular flexibility index (Phi) is 9.50. The number of aliphatic carboxylic acids is 2. The molecule has 3 unspecified atom stereocenters. The number of halogens is 2. The van der Waals surface area contributed by atoms with Crippen molar-refractivity contribution in [2.45, 2.75) is 37.6 Å². The summed E-state index contributed by atoms with van der Waals surface area (Å²) in [4.78, 5) is 19.5. The lowest BCUT2D eigenvalue weighted by Crippen LogP contribution is -2.53. The minimum Gasteiger partial charge on any atom is -0.479 e. The first-order valence-corrected chi connectivity index (χ1v) is 10.7. The highest BCUT2D eigenvalue weighted by Crippen LogP contribution is 2.35. The third-order valence-corrected chi connectivity index (χ3v) is 6.51. The van der Waals surface area contributed by atoms with Gasteiger partial charge in [0, 0.05) is 35.9 Å². The zero-order valence-corrected chi connectivity index (χ0v) is 18.5. The number of carboxylic acids is 2. The van der Waals surface area contributed by atoms with E-state index in [9.17, 15) is 9.59 Å². The fraction of sp³-hybridized carbons (Fsp3) is 0.600. The van der Waals surface area contributed by atoms with Crippen LogP contribution in [-0.4, -0.2) is 87.9 Å². The fourth-order valence-corrected chi connectivity index (χ4v) is 4.61. The fourth-order valence-electron chi connectivity index (χ4n) is 4.15. The molecule has 2 heterocycles. The average Bonchev–Trinajstić information content (AvgIpc) is 3.40. The molecular formula is C20H29Cl2N2O7+. The number of quaternary nitrogens is 1. The molecule has 31 heavy (non-hydrogen) atoms. The Morgan fingerprint density at radius 3 is 2.26 bits per heavy atom. The number of carbonyl (C=O) groups is 2. The van der Waals surface area contributed by atoms with Crippen molar-refractivity contribution in [1.29, 1.82) is 0 Å². The molecule has 174 valence electrons. The van der Waals surface area contributed by atoms with Crippen molar-refractivity contribution in [2.75, 3.05) is 32.8 Å². The minimum atomic E-state index is -2.27. The first kappa shape index (κ1) is 25.8. The number of hydrogen-bond acceptors (Lipinski definition) is 6. The van der Waals surface area contributed by atoms with Gasteiger partial charge in [0.15, 0.2) is 12.2 Å². The van der Waals surface area contributed by atoms with Crippen molar-refractivity contribution in [2.24, 2.45) is 11.7 Å². The lowest BCUT2D eigenvalue weighted by molar-refractivity contribution is -0.952. The molecule has 1 aromatic rings. The van der Waals surface area contributed by atoms with Gasteiger partial charge in [-0.05, 0) is 12.1 Å². The van der Waals surface area contributed by atoms with Gasteiger partial charge in [-0.25, -0.2) is 9.59 Å². The van der Waals surface area contributed by atoms with Gasteiger partial charge in [-0.3, -0.25) is 0 Å². The Labute approximate surface area is 190 Å². The summed E-state index contributed by atoms with van der Waals surface area (Å²) in [6.07, 6.45) is -2.18. The number of aliphatic hydroxyl groups excluding tert-OH is 2. The highest BCUT2D eigenvalue weighted by Gasteiger charge is 2.45. The molecule has 5 atom stereocenters. The number of ether oxygens (including phenoxy) is 1. The molecule has 0 saturated carbocycles. The van der Waals surface area contributed by atoms with E-state index in [2.05, 4.69) is 6.07 Å². The van der Waals surface area contributed by atoms with E-state index in [0.717, 1.165) is 48.8 Å². The van der Waals surface area contributed by atoms with Crippen molar-refractivity contribution in [3.05, 3.63) is 33.8 Å². The number of benzene rings is 1. The first-order valence-electron chi connectivity index (χ1n) is 9.99. The van der Waals surface area contributed by atoms with Crippen LogP contribution in [-0.2, 0) is 20.9 Å². The second kappa shape index (κ2) is 11.4. The molecule has 0 spiro atoms. The number of rotatable bonds is 7. The van der Waals surface area contributed by atoms with Crippen LogP contribution >= 0.6 is 23.2 Å². The molecule has 2 aliphatic heterocycles. The Morgan fingerprint density at radius 2 is 1.81 bits per heavy atom. The van der Waals surface area contributed by atoms with Gasteiger partial charge in [-0.1, -0.05) is 29.3 Å². The maximum Gasteiger partial charge on any atom is 0.335 e. The number of nitrogens with zero attached hydrogens (tertiary/aromatic N) is 1. The molecule has 11 heteroatoms. The number of hydrogen-bond donors (Lipinski definition) is 5. The molecule has 2 aliphatic rings. The second-order valence-corrected chi connectivity index (χ2v) is 8.84. The van der Waals surface area contributed by atoms with Crippen LogP contribution in [0.15, 0.2) is 18.2 Å². The lowest BCUT2D eigenvalue weighted by Gasteiger charge is -2.40. The van der Waals surface area contributed by atoms with Crippen LogP contribution in [0.1, 0.15) is 18.4 Å². The summed E-state index contributed by atoms with van der Waals surface area (Å²) in [5, 5.41) is 34.0. The van der Waals surface area contributed by atoms with Gasteiger partial charge in [-0.2, -0.15) is 0 Å². The molecule has 6 N–H and O–H groups in total. The van der Waals surface area contributed by atoms with Crippen molar-refractivity contribution in [3.63, 3.8) is 0 Å². The van der Waals surface area contributed by atoms with E-state index in [-0.39, 0.29) is 0 Å². The molecule has 1 aromatic carbocycles. The molecule has 0 amide bonds. The predicted molar refractivity (Wildman–Crippen MR) is 114 cm³/mol. The van der Waals surface area contributed by atoms with Crippen LogP contribution in [0.4, 0.5) is 0 Å². The summed E-state index contributed by atoms with van der Waals surface area (Å²) in [6, 6.07) is 6.42. The summed E-state index contributed by atoms with van der Waals surface area (Å²) < 4.78 is 6.72. The molecule has 0 radical (unpaired) electrons. The zero-order valence-electron chi connectivity index (χ0n) is 17.0. The summed E-state index contributed by atoms with van der Waals surface area (Å²) in [6.45, 7) is 5.80. The van der Waals surface area contributed by atoms with Gasteiger partial charge in [0.05, 0.1) is 31.3 Å². The Bertz CT molecular complexity index is 758. The maximum absolute atomic E-state index is 9.77. The van der Waals surface area contributed by atoms with Gasteiger partial charge in [0.25, 0.3) is 0 Å². The molecule has 0 aliphatic carbocycles. The van der Waals surface area contributed by atoms with Crippen LogP contribution in [0.25, 0.3) is 0 Å². The van der Waals surface area contributed by atoms with Crippen molar-refractivity contribution in [3.8, 4) is 0 Å². The van der Waals surface area contributed by atoms with Gasteiger partial charge >= 0.3 is 11.9 Å². The molecule has 0 aromatic heterocycles. The Hall–Kier alpha value is -1.46. The van der Waals surface area contributed by atoms with Crippen LogP contribution in [0.2, 0.25) is 10.0 Å². The maximum atomic E-state index is 9.77. The second-order valence-electron chi connectivity index (χ2n) is 7.99. The molecule has 2 fully saturated rings. The van der Waals surface area contributed by atoms with Crippen LogP contribution in [0.5, 0.6) is 0 Å². The predicted octanol–water partition coefficient (Wildman–Crippen LogP) is 0.955. The first-order chi connectivity index (χ1) is 14.6. The quantitative estimate of drug-likeness (QED) is 0.362.